The number of benzene rings is 1. The summed E-state index contributed by atoms with van der Waals surface area (Å²) in [7, 11) is 1.59. The molecule has 0 fully saturated rings. The molecule has 0 spiro atoms. The van der Waals surface area contributed by atoms with Crippen molar-refractivity contribution in [3.05, 3.63) is 29.8 Å². The number of hydrogen-bond acceptors (Lipinski definition) is 2. The first kappa shape index (κ1) is 12.6. The minimum absolute atomic E-state index is 0.0596. The Morgan fingerprint density at radius 2 is 2.06 bits per heavy atom. The van der Waals surface area contributed by atoms with E-state index in [9.17, 15) is 4.79 Å². The Kier molecular flexibility index (Phi) is 3.93. The molecule has 1 rings (SSSR count). The standard InChI is InChI=1S/C13H19NO2/c1-13(2,3)10-6-5-7-11(8-10)16-9-12(15)14-4/h5-8H,9H2,1-4H3,(H,14,15). The molecule has 0 saturated carbocycles. The average Bonchev–Trinajstić information content (AvgIpc) is 2.25. The second-order valence-electron chi connectivity index (χ2n) is 4.74. The third kappa shape index (κ3) is 3.57. The van der Waals surface area contributed by atoms with Gasteiger partial charge in [0.15, 0.2) is 6.61 Å². The molecule has 0 radical (unpaired) electrons. The van der Waals surface area contributed by atoms with Crippen LogP contribution in [-0.2, 0) is 10.2 Å². The lowest BCUT2D eigenvalue weighted by molar-refractivity contribution is -0.122. The number of ether oxygens (including phenoxy) is 1. The van der Waals surface area contributed by atoms with Crippen molar-refractivity contribution < 1.29 is 9.53 Å². The van der Waals surface area contributed by atoms with Crippen LogP contribution in [0.15, 0.2) is 24.3 Å². The van der Waals surface area contributed by atoms with Gasteiger partial charge in [-0.1, -0.05) is 32.9 Å². The maximum absolute atomic E-state index is 11.0. The summed E-state index contributed by atoms with van der Waals surface area (Å²) in [5.41, 5.74) is 1.29. The molecule has 0 aliphatic rings. The molecule has 1 aromatic carbocycles. The molecule has 0 saturated heterocycles. The molecule has 0 heterocycles. The van der Waals surface area contributed by atoms with Gasteiger partial charge in [0.1, 0.15) is 5.75 Å². The van der Waals surface area contributed by atoms with Crippen molar-refractivity contribution in [2.24, 2.45) is 0 Å². The van der Waals surface area contributed by atoms with E-state index in [1.54, 1.807) is 7.05 Å². The van der Waals surface area contributed by atoms with Crippen LogP contribution in [0.25, 0.3) is 0 Å². The normalized spacial score (nSPS) is 11.0. The molecule has 1 N–H and O–H groups in total. The fraction of sp³-hybridized carbons (Fsp3) is 0.462. The van der Waals surface area contributed by atoms with Crippen LogP contribution in [0.5, 0.6) is 5.75 Å². The van der Waals surface area contributed by atoms with E-state index in [4.69, 9.17) is 4.74 Å². The Bertz CT molecular complexity index is 366. The van der Waals surface area contributed by atoms with Crippen molar-refractivity contribution in [1.82, 2.24) is 5.32 Å². The smallest absolute Gasteiger partial charge is 0.257 e. The Hall–Kier alpha value is -1.51. The van der Waals surface area contributed by atoms with Gasteiger partial charge in [0.2, 0.25) is 0 Å². The molecular formula is C13H19NO2. The first-order valence-corrected chi connectivity index (χ1v) is 5.37. The third-order valence-corrected chi connectivity index (χ3v) is 2.35. The second kappa shape index (κ2) is 5.01. The number of hydrogen-bond donors (Lipinski definition) is 1. The summed E-state index contributed by atoms with van der Waals surface area (Å²) < 4.78 is 5.38. The highest BCUT2D eigenvalue weighted by atomic mass is 16.5. The number of carbonyl (C=O) groups excluding carboxylic acids is 1. The van der Waals surface area contributed by atoms with Crippen LogP contribution in [0, 0.1) is 0 Å². The summed E-state index contributed by atoms with van der Waals surface area (Å²) in [6, 6.07) is 7.84. The van der Waals surface area contributed by atoms with E-state index in [1.807, 2.05) is 18.2 Å². The van der Waals surface area contributed by atoms with Gasteiger partial charge >= 0.3 is 0 Å². The van der Waals surface area contributed by atoms with E-state index in [0.717, 1.165) is 5.75 Å². The molecule has 1 amide bonds. The maximum atomic E-state index is 11.0. The summed E-state index contributed by atoms with van der Waals surface area (Å²) in [4.78, 5) is 11.0. The van der Waals surface area contributed by atoms with E-state index in [1.165, 1.54) is 5.56 Å². The van der Waals surface area contributed by atoms with E-state index in [-0.39, 0.29) is 17.9 Å². The van der Waals surface area contributed by atoms with Crippen molar-refractivity contribution in [3.63, 3.8) is 0 Å². The molecule has 88 valence electrons. The zero-order valence-corrected chi connectivity index (χ0v) is 10.3. The number of likely N-dealkylation sites (N-methyl/N-ethyl adjacent to an activating group) is 1. The largest absolute Gasteiger partial charge is 0.484 e. The first-order valence-electron chi connectivity index (χ1n) is 5.37. The van der Waals surface area contributed by atoms with Crippen molar-refractivity contribution >= 4 is 5.91 Å². The van der Waals surface area contributed by atoms with Crippen LogP contribution in [0.4, 0.5) is 0 Å². The highest BCUT2D eigenvalue weighted by Crippen LogP contribution is 2.25. The molecule has 0 aliphatic heterocycles. The Morgan fingerprint density at radius 3 is 2.62 bits per heavy atom. The van der Waals surface area contributed by atoms with Gasteiger partial charge < -0.3 is 10.1 Å². The van der Waals surface area contributed by atoms with E-state index >= 15 is 0 Å². The van der Waals surface area contributed by atoms with Gasteiger partial charge in [-0.2, -0.15) is 0 Å². The number of amides is 1. The zero-order valence-electron chi connectivity index (χ0n) is 10.3. The van der Waals surface area contributed by atoms with Gasteiger partial charge in [0.05, 0.1) is 0 Å². The number of carbonyl (C=O) groups is 1. The average molecular weight is 221 g/mol. The summed E-state index contributed by atoms with van der Waals surface area (Å²) in [5, 5.41) is 2.52. The lowest BCUT2D eigenvalue weighted by atomic mass is 9.87. The van der Waals surface area contributed by atoms with Crippen LogP contribution >= 0.6 is 0 Å². The molecule has 16 heavy (non-hydrogen) atoms. The van der Waals surface area contributed by atoms with Gasteiger partial charge in [-0.15, -0.1) is 0 Å². The van der Waals surface area contributed by atoms with Crippen LogP contribution < -0.4 is 10.1 Å². The SMILES string of the molecule is CNC(=O)COc1cccc(C(C)(C)C)c1. The lowest BCUT2D eigenvalue weighted by Crippen LogP contribution is -2.24. The topological polar surface area (TPSA) is 38.3 Å². The van der Waals surface area contributed by atoms with Gasteiger partial charge in [0.25, 0.3) is 5.91 Å². The van der Waals surface area contributed by atoms with Crippen molar-refractivity contribution in [2.75, 3.05) is 13.7 Å². The molecule has 0 aromatic heterocycles. The van der Waals surface area contributed by atoms with Crippen molar-refractivity contribution in [2.45, 2.75) is 26.2 Å². The minimum Gasteiger partial charge on any atom is -0.484 e. The first-order chi connectivity index (χ1) is 7.43. The van der Waals surface area contributed by atoms with Crippen LogP contribution in [0.3, 0.4) is 0 Å². The molecule has 3 heteroatoms. The van der Waals surface area contributed by atoms with Crippen LogP contribution in [0.1, 0.15) is 26.3 Å². The van der Waals surface area contributed by atoms with Gasteiger partial charge in [-0.25, -0.2) is 0 Å². The lowest BCUT2D eigenvalue weighted by Gasteiger charge is -2.19. The van der Waals surface area contributed by atoms with Gasteiger partial charge in [0, 0.05) is 7.05 Å². The van der Waals surface area contributed by atoms with Crippen LogP contribution in [0.2, 0.25) is 0 Å². The summed E-state index contributed by atoms with van der Waals surface area (Å²) in [6.45, 7) is 6.49. The number of rotatable bonds is 3. The molecule has 1 aromatic rings. The van der Waals surface area contributed by atoms with Gasteiger partial charge in [-0.05, 0) is 23.1 Å². The maximum Gasteiger partial charge on any atom is 0.257 e. The molecule has 3 nitrogen and oxygen atoms in total. The van der Waals surface area contributed by atoms with Crippen molar-refractivity contribution in [3.8, 4) is 5.75 Å². The highest BCUT2D eigenvalue weighted by molar-refractivity contribution is 5.77. The molecule has 0 aliphatic carbocycles. The summed E-state index contributed by atoms with van der Waals surface area (Å²) in [5.74, 6) is 0.609. The summed E-state index contributed by atoms with van der Waals surface area (Å²) in [6.07, 6.45) is 0. The quantitative estimate of drug-likeness (QED) is 0.849. The van der Waals surface area contributed by atoms with E-state index in [2.05, 4.69) is 32.2 Å². The molecular weight excluding hydrogens is 202 g/mol. The fourth-order valence-corrected chi connectivity index (χ4v) is 1.27. The third-order valence-electron chi connectivity index (χ3n) is 2.35. The minimum atomic E-state index is -0.124. The van der Waals surface area contributed by atoms with Crippen molar-refractivity contribution in [1.29, 1.82) is 0 Å². The van der Waals surface area contributed by atoms with E-state index < -0.39 is 0 Å². The molecule has 0 bridgehead atoms. The predicted octanol–water partition coefficient (Wildman–Crippen LogP) is 2.11. The van der Waals surface area contributed by atoms with Crippen LogP contribution in [-0.4, -0.2) is 19.6 Å². The molecule has 0 atom stereocenters. The highest BCUT2D eigenvalue weighted by Gasteiger charge is 2.13. The Labute approximate surface area is 96.8 Å². The predicted molar refractivity (Wildman–Crippen MR) is 64.7 cm³/mol. The molecule has 0 unspecified atom stereocenters. The van der Waals surface area contributed by atoms with Gasteiger partial charge in [-0.3, -0.25) is 4.79 Å². The van der Waals surface area contributed by atoms with E-state index in [0.29, 0.717) is 0 Å². The Balaban J connectivity index is 2.72. The number of nitrogens with one attached hydrogen (secondary N) is 1. The monoisotopic (exact) mass is 221 g/mol. The Morgan fingerprint density at radius 1 is 1.38 bits per heavy atom. The fourth-order valence-electron chi connectivity index (χ4n) is 1.27. The second-order valence-corrected chi connectivity index (χ2v) is 4.74. The summed E-state index contributed by atoms with van der Waals surface area (Å²) >= 11 is 0. The zero-order chi connectivity index (χ0) is 12.2.